The van der Waals surface area contributed by atoms with E-state index >= 15 is 0 Å². The third-order valence-corrected chi connectivity index (χ3v) is 4.85. The highest BCUT2D eigenvalue weighted by molar-refractivity contribution is 5.86. The fourth-order valence-corrected chi connectivity index (χ4v) is 3.37. The second kappa shape index (κ2) is 6.80. The topological polar surface area (TPSA) is 40.6 Å². The minimum atomic E-state index is -0.190. The second-order valence-corrected chi connectivity index (χ2v) is 7.60. The van der Waals surface area contributed by atoms with E-state index in [1.54, 1.807) is 0 Å². The highest BCUT2D eigenvalue weighted by atomic mass is 16.2. The van der Waals surface area contributed by atoms with Crippen molar-refractivity contribution >= 4 is 11.8 Å². The zero-order valence-electron chi connectivity index (χ0n) is 13.9. The normalized spacial score (nSPS) is 21.5. The molecule has 120 valence electrons. The number of rotatable bonds is 3. The molecule has 0 aromatic heterocycles. The van der Waals surface area contributed by atoms with Gasteiger partial charge in [-0.3, -0.25) is 9.59 Å². The van der Waals surface area contributed by atoms with Gasteiger partial charge in [-0.1, -0.05) is 20.8 Å². The van der Waals surface area contributed by atoms with Crippen LogP contribution in [0, 0.1) is 11.3 Å². The van der Waals surface area contributed by atoms with E-state index < -0.39 is 0 Å². The predicted octanol–water partition coefficient (Wildman–Crippen LogP) is 2.67. The van der Waals surface area contributed by atoms with E-state index in [4.69, 9.17) is 0 Å². The Balaban J connectivity index is 2.02. The average Bonchev–Trinajstić information content (AvgIpc) is 2.97. The lowest BCUT2D eigenvalue weighted by molar-refractivity contribution is -0.144. The lowest BCUT2D eigenvalue weighted by Gasteiger charge is -2.35. The quantitative estimate of drug-likeness (QED) is 0.803. The number of nitrogens with zero attached hydrogens (tertiary/aromatic N) is 2. The summed E-state index contributed by atoms with van der Waals surface area (Å²) in [6, 6.07) is 0. The molecule has 2 aliphatic rings. The van der Waals surface area contributed by atoms with Gasteiger partial charge in [0.05, 0.1) is 5.92 Å². The zero-order chi connectivity index (χ0) is 15.5. The van der Waals surface area contributed by atoms with Crippen LogP contribution in [0.1, 0.15) is 59.3 Å². The third-order valence-electron chi connectivity index (χ3n) is 4.85. The summed E-state index contributed by atoms with van der Waals surface area (Å²) >= 11 is 0. The van der Waals surface area contributed by atoms with Crippen molar-refractivity contribution in [3.8, 4) is 0 Å². The van der Waals surface area contributed by atoms with Crippen molar-refractivity contribution in [2.75, 3.05) is 26.2 Å². The van der Waals surface area contributed by atoms with Gasteiger partial charge in [0.25, 0.3) is 0 Å². The molecule has 0 saturated carbocycles. The van der Waals surface area contributed by atoms with Crippen LogP contribution in [0.2, 0.25) is 0 Å². The molecule has 2 rings (SSSR count). The van der Waals surface area contributed by atoms with Gasteiger partial charge in [0, 0.05) is 32.6 Å². The summed E-state index contributed by atoms with van der Waals surface area (Å²) in [5, 5.41) is 0. The number of hydrogen-bond donors (Lipinski definition) is 0. The maximum atomic E-state index is 12.8. The van der Waals surface area contributed by atoms with E-state index in [-0.39, 0.29) is 23.1 Å². The molecule has 4 heteroatoms. The van der Waals surface area contributed by atoms with Crippen LogP contribution in [0.3, 0.4) is 0 Å². The smallest absolute Gasteiger partial charge is 0.226 e. The first kappa shape index (κ1) is 16.3. The average molecular weight is 294 g/mol. The molecule has 2 amide bonds. The third kappa shape index (κ3) is 4.21. The molecule has 2 saturated heterocycles. The number of carbonyl (C=O) groups excluding carboxylic acids is 2. The van der Waals surface area contributed by atoms with Crippen LogP contribution in [0.5, 0.6) is 0 Å². The first-order valence-corrected chi connectivity index (χ1v) is 8.46. The van der Waals surface area contributed by atoms with Crippen molar-refractivity contribution in [3.63, 3.8) is 0 Å². The molecule has 1 atom stereocenters. The maximum Gasteiger partial charge on any atom is 0.226 e. The van der Waals surface area contributed by atoms with E-state index in [0.29, 0.717) is 6.42 Å². The summed E-state index contributed by atoms with van der Waals surface area (Å²) in [4.78, 5) is 29.2. The molecular formula is C17H30N2O2. The summed E-state index contributed by atoms with van der Waals surface area (Å²) in [6.45, 7) is 9.70. The summed E-state index contributed by atoms with van der Waals surface area (Å²) in [6.07, 6.45) is 6.00. The van der Waals surface area contributed by atoms with Gasteiger partial charge in [0.15, 0.2) is 0 Å². The van der Waals surface area contributed by atoms with Gasteiger partial charge >= 0.3 is 0 Å². The summed E-state index contributed by atoms with van der Waals surface area (Å²) in [5.41, 5.74) is -0.162. The molecule has 4 nitrogen and oxygen atoms in total. The number of hydrogen-bond acceptors (Lipinski definition) is 2. The van der Waals surface area contributed by atoms with Crippen LogP contribution < -0.4 is 0 Å². The van der Waals surface area contributed by atoms with Crippen LogP contribution in [0.4, 0.5) is 0 Å². The van der Waals surface area contributed by atoms with Crippen LogP contribution in [-0.4, -0.2) is 47.8 Å². The predicted molar refractivity (Wildman–Crippen MR) is 83.8 cm³/mol. The highest BCUT2D eigenvalue weighted by Gasteiger charge is 2.37. The molecule has 2 aliphatic heterocycles. The molecule has 0 aliphatic carbocycles. The molecule has 0 N–H and O–H groups in total. The van der Waals surface area contributed by atoms with Crippen LogP contribution in [0.15, 0.2) is 0 Å². The molecule has 0 bridgehead atoms. The van der Waals surface area contributed by atoms with Crippen molar-refractivity contribution in [3.05, 3.63) is 0 Å². The van der Waals surface area contributed by atoms with Gasteiger partial charge in [-0.25, -0.2) is 0 Å². The van der Waals surface area contributed by atoms with E-state index in [2.05, 4.69) is 20.8 Å². The SMILES string of the molecule is CC(C)(C)[C@H](CC(=O)N1CCCCC1)C(=O)N1CCCC1. The van der Waals surface area contributed by atoms with Gasteiger partial charge in [-0.2, -0.15) is 0 Å². The Morgan fingerprint density at radius 3 is 1.86 bits per heavy atom. The van der Waals surface area contributed by atoms with Crippen molar-refractivity contribution < 1.29 is 9.59 Å². The van der Waals surface area contributed by atoms with E-state index in [0.717, 1.165) is 51.9 Å². The zero-order valence-corrected chi connectivity index (χ0v) is 13.9. The van der Waals surface area contributed by atoms with Gasteiger partial charge in [-0.15, -0.1) is 0 Å². The minimum Gasteiger partial charge on any atom is -0.343 e. The van der Waals surface area contributed by atoms with Gasteiger partial charge in [0.1, 0.15) is 0 Å². The monoisotopic (exact) mass is 294 g/mol. The van der Waals surface area contributed by atoms with Crippen LogP contribution in [-0.2, 0) is 9.59 Å². The second-order valence-electron chi connectivity index (χ2n) is 7.60. The molecule has 0 unspecified atom stereocenters. The maximum absolute atomic E-state index is 12.8. The molecule has 0 aromatic rings. The lowest BCUT2D eigenvalue weighted by atomic mass is 9.77. The fraction of sp³-hybridized carbons (Fsp3) is 0.882. The van der Waals surface area contributed by atoms with E-state index in [9.17, 15) is 9.59 Å². The number of amides is 2. The minimum absolute atomic E-state index is 0.162. The summed E-state index contributed by atoms with van der Waals surface area (Å²) < 4.78 is 0. The Bertz CT molecular complexity index is 375. The van der Waals surface area contributed by atoms with Gasteiger partial charge in [0.2, 0.25) is 11.8 Å². The van der Waals surface area contributed by atoms with Gasteiger partial charge in [-0.05, 0) is 37.5 Å². The Morgan fingerprint density at radius 2 is 1.33 bits per heavy atom. The molecule has 0 aromatic carbocycles. The fourth-order valence-electron chi connectivity index (χ4n) is 3.37. The Kier molecular flexibility index (Phi) is 5.28. The van der Waals surface area contributed by atoms with Crippen molar-refractivity contribution in [1.82, 2.24) is 9.80 Å². The Hall–Kier alpha value is -1.06. The first-order chi connectivity index (χ1) is 9.89. The molecule has 0 radical (unpaired) electrons. The highest BCUT2D eigenvalue weighted by Crippen LogP contribution is 2.32. The molecule has 0 spiro atoms. The summed E-state index contributed by atoms with van der Waals surface area (Å²) in [5.74, 6) is 0.164. The first-order valence-electron chi connectivity index (χ1n) is 8.46. The van der Waals surface area contributed by atoms with Crippen molar-refractivity contribution in [2.45, 2.75) is 59.3 Å². The number of likely N-dealkylation sites (tertiary alicyclic amines) is 2. The molecule has 21 heavy (non-hydrogen) atoms. The molecule has 2 heterocycles. The van der Waals surface area contributed by atoms with Crippen LogP contribution in [0.25, 0.3) is 0 Å². The van der Waals surface area contributed by atoms with E-state index in [1.165, 1.54) is 6.42 Å². The largest absolute Gasteiger partial charge is 0.343 e. The van der Waals surface area contributed by atoms with Crippen LogP contribution >= 0.6 is 0 Å². The molecule has 2 fully saturated rings. The van der Waals surface area contributed by atoms with Crippen molar-refractivity contribution in [2.24, 2.45) is 11.3 Å². The Morgan fingerprint density at radius 1 is 0.857 bits per heavy atom. The standard InChI is InChI=1S/C17H30N2O2/c1-17(2,3)14(16(21)19-11-7-8-12-19)13-15(20)18-9-5-4-6-10-18/h14H,4-13H2,1-3H3/t14-/m1/s1. The number of carbonyl (C=O) groups is 2. The summed E-state index contributed by atoms with van der Waals surface area (Å²) in [7, 11) is 0. The van der Waals surface area contributed by atoms with E-state index in [1.807, 2.05) is 9.80 Å². The van der Waals surface area contributed by atoms with Gasteiger partial charge < -0.3 is 9.80 Å². The lowest BCUT2D eigenvalue weighted by Crippen LogP contribution is -2.44. The molecular weight excluding hydrogens is 264 g/mol. The number of piperidine rings is 1. The Labute approximate surface area is 128 Å². The van der Waals surface area contributed by atoms with Crippen molar-refractivity contribution in [1.29, 1.82) is 0 Å².